The van der Waals surface area contributed by atoms with E-state index in [0.717, 1.165) is 24.1 Å². The van der Waals surface area contributed by atoms with Crippen LogP contribution in [0, 0.1) is 18.3 Å². The molecular weight excluding hydrogens is 508 g/mol. The Labute approximate surface area is 235 Å². The van der Waals surface area contributed by atoms with Crippen molar-refractivity contribution in [3.63, 3.8) is 0 Å². The number of carboxylic acid groups (broad SMARTS) is 1. The summed E-state index contributed by atoms with van der Waals surface area (Å²) >= 11 is 0. The highest BCUT2D eigenvalue weighted by molar-refractivity contribution is 6.00. The molecule has 2 aromatic rings. The van der Waals surface area contributed by atoms with Crippen LogP contribution in [-0.4, -0.2) is 59.9 Å². The molecule has 40 heavy (non-hydrogen) atoms. The molecule has 1 saturated carbocycles. The first-order valence-corrected chi connectivity index (χ1v) is 14.0. The zero-order valence-electron chi connectivity index (χ0n) is 23.8. The fourth-order valence-corrected chi connectivity index (χ4v) is 4.95. The van der Waals surface area contributed by atoms with E-state index in [1.807, 2.05) is 62.9 Å². The highest BCUT2D eigenvalue weighted by Crippen LogP contribution is 2.33. The van der Waals surface area contributed by atoms with Gasteiger partial charge < -0.3 is 25.5 Å². The van der Waals surface area contributed by atoms with Crippen molar-refractivity contribution in [2.24, 2.45) is 11.3 Å². The Morgan fingerprint density at radius 2 is 1.62 bits per heavy atom. The van der Waals surface area contributed by atoms with Crippen molar-refractivity contribution in [2.45, 2.75) is 59.4 Å². The van der Waals surface area contributed by atoms with Crippen molar-refractivity contribution in [1.29, 1.82) is 0 Å². The second-order valence-corrected chi connectivity index (χ2v) is 12.1. The number of anilines is 2. The van der Waals surface area contributed by atoms with Crippen molar-refractivity contribution >= 4 is 35.1 Å². The summed E-state index contributed by atoms with van der Waals surface area (Å²) in [7, 11) is 0. The van der Waals surface area contributed by atoms with Gasteiger partial charge in [-0.1, -0.05) is 50.6 Å². The Hall–Kier alpha value is -3.88. The summed E-state index contributed by atoms with van der Waals surface area (Å²) in [5.74, 6) is -1.19. The number of carboxylic acids is 1. The summed E-state index contributed by atoms with van der Waals surface area (Å²) in [6, 6.07) is 11.9. The van der Waals surface area contributed by atoms with E-state index in [0.29, 0.717) is 49.4 Å². The number of rotatable bonds is 9. The highest BCUT2D eigenvalue weighted by atomic mass is 16.4. The summed E-state index contributed by atoms with van der Waals surface area (Å²) in [5.41, 5.74) is 3.15. The Morgan fingerprint density at radius 1 is 0.975 bits per heavy atom. The van der Waals surface area contributed by atoms with Gasteiger partial charge >= 0.3 is 5.97 Å². The van der Waals surface area contributed by atoms with Crippen LogP contribution in [0.5, 0.6) is 0 Å². The zero-order valence-corrected chi connectivity index (χ0v) is 23.8. The number of carbonyl (C=O) groups excluding carboxylic acids is 3. The topological polar surface area (TPSA) is 119 Å². The lowest BCUT2D eigenvalue weighted by molar-refractivity contribution is -0.137. The molecule has 214 valence electrons. The number of amides is 3. The smallest absolute Gasteiger partial charge is 0.305 e. The lowest BCUT2D eigenvalue weighted by Crippen LogP contribution is -2.49. The molecule has 2 fully saturated rings. The van der Waals surface area contributed by atoms with Crippen LogP contribution in [0.3, 0.4) is 0 Å². The predicted molar refractivity (Wildman–Crippen MR) is 154 cm³/mol. The summed E-state index contributed by atoms with van der Waals surface area (Å²) in [4.78, 5) is 54.4. The van der Waals surface area contributed by atoms with Crippen molar-refractivity contribution in [2.75, 3.05) is 36.4 Å². The third-order valence-corrected chi connectivity index (χ3v) is 7.25. The van der Waals surface area contributed by atoms with E-state index < -0.39 is 17.9 Å². The lowest BCUT2D eigenvalue weighted by Gasteiger charge is -2.37. The molecule has 1 atom stereocenters. The van der Waals surface area contributed by atoms with Crippen LogP contribution in [0.1, 0.15) is 74.0 Å². The fourth-order valence-electron chi connectivity index (χ4n) is 4.95. The number of nitrogens with one attached hydrogen (secondary N) is 2. The molecule has 2 aromatic carbocycles. The molecule has 1 aliphatic heterocycles. The molecule has 9 nitrogen and oxygen atoms in total. The molecule has 1 heterocycles. The number of hydrogen-bond donors (Lipinski definition) is 3. The minimum atomic E-state index is -1.02. The van der Waals surface area contributed by atoms with Crippen LogP contribution in [0.25, 0.3) is 0 Å². The maximum atomic E-state index is 13.3. The molecule has 0 radical (unpaired) electrons. The van der Waals surface area contributed by atoms with Crippen LogP contribution in [0.2, 0.25) is 0 Å². The first kappa shape index (κ1) is 29.1. The third-order valence-electron chi connectivity index (χ3n) is 7.25. The van der Waals surface area contributed by atoms with Crippen molar-refractivity contribution in [3.8, 4) is 0 Å². The van der Waals surface area contributed by atoms with Gasteiger partial charge in [0.05, 0.1) is 23.8 Å². The van der Waals surface area contributed by atoms with Gasteiger partial charge in [0, 0.05) is 44.1 Å². The quantitative estimate of drug-likeness (QED) is 0.428. The first-order valence-electron chi connectivity index (χ1n) is 14.0. The Bertz CT molecular complexity index is 1260. The lowest BCUT2D eigenvalue weighted by atomic mass is 9.92. The summed E-state index contributed by atoms with van der Waals surface area (Å²) in [6.07, 6.45) is 2.00. The van der Waals surface area contributed by atoms with E-state index in [9.17, 15) is 24.3 Å². The van der Waals surface area contributed by atoms with Gasteiger partial charge in [-0.25, -0.2) is 0 Å². The number of aliphatic carboxylic acids is 1. The van der Waals surface area contributed by atoms with Gasteiger partial charge in [0.25, 0.3) is 5.91 Å². The second-order valence-electron chi connectivity index (χ2n) is 12.1. The van der Waals surface area contributed by atoms with Gasteiger partial charge in [0.1, 0.15) is 0 Å². The number of benzene rings is 2. The van der Waals surface area contributed by atoms with Gasteiger partial charge in [-0.15, -0.1) is 0 Å². The third kappa shape index (κ3) is 7.83. The molecule has 4 rings (SSSR count). The average Bonchev–Trinajstić information content (AvgIpc) is 3.73. The SMILES string of the molecule is Cc1ccc(C(CC(=O)O)NC(=O)c2ccc(N3CCN(C(=O)C4CC4)CC3)c(NC(=O)CC(C)(C)C)c2)cc1. The second kappa shape index (κ2) is 12.1. The van der Waals surface area contributed by atoms with Crippen molar-refractivity contribution < 1.29 is 24.3 Å². The van der Waals surface area contributed by atoms with Gasteiger partial charge in [-0.2, -0.15) is 0 Å². The maximum absolute atomic E-state index is 13.3. The van der Waals surface area contributed by atoms with Crippen LogP contribution >= 0.6 is 0 Å². The molecule has 0 aromatic heterocycles. The number of piperazine rings is 1. The van der Waals surface area contributed by atoms with Gasteiger partial charge in [0.15, 0.2) is 0 Å². The minimum Gasteiger partial charge on any atom is -0.481 e. The highest BCUT2D eigenvalue weighted by Gasteiger charge is 2.35. The number of carbonyl (C=O) groups is 4. The van der Waals surface area contributed by atoms with Crippen LogP contribution in [-0.2, 0) is 14.4 Å². The molecule has 9 heteroatoms. The number of aryl methyl sites for hydroxylation is 1. The minimum absolute atomic E-state index is 0.155. The molecule has 3 amide bonds. The Balaban J connectivity index is 1.55. The predicted octanol–water partition coefficient (Wildman–Crippen LogP) is 4.37. The molecule has 1 unspecified atom stereocenters. The van der Waals surface area contributed by atoms with Crippen molar-refractivity contribution in [1.82, 2.24) is 10.2 Å². The normalized spacial score (nSPS) is 16.3. The van der Waals surface area contributed by atoms with Crippen LogP contribution < -0.4 is 15.5 Å². The van der Waals surface area contributed by atoms with Gasteiger partial charge in [-0.05, 0) is 48.9 Å². The van der Waals surface area contributed by atoms with E-state index in [-0.39, 0.29) is 29.6 Å². The summed E-state index contributed by atoms with van der Waals surface area (Å²) in [6.45, 7) is 10.4. The first-order chi connectivity index (χ1) is 18.9. The molecule has 2 aliphatic rings. The van der Waals surface area contributed by atoms with Gasteiger partial charge in [0.2, 0.25) is 11.8 Å². The maximum Gasteiger partial charge on any atom is 0.305 e. The van der Waals surface area contributed by atoms with E-state index in [2.05, 4.69) is 15.5 Å². The van der Waals surface area contributed by atoms with E-state index in [1.54, 1.807) is 12.1 Å². The summed E-state index contributed by atoms with van der Waals surface area (Å²) < 4.78 is 0. The fraction of sp³-hybridized carbons (Fsp3) is 0.484. The zero-order chi connectivity index (χ0) is 29.0. The summed E-state index contributed by atoms with van der Waals surface area (Å²) in [5, 5.41) is 15.3. The van der Waals surface area contributed by atoms with Gasteiger partial charge in [-0.3, -0.25) is 19.2 Å². The molecular formula is C31H40N4O5. The average molecular weight is 549 g/mol. The van der Waals surface area contributed by atoms with E-state index >= 15 is 0 Å². The number of nitrogens with zero attached hydrogens (tertiary/aromatic N) is 2. The molecule has 1 aliphatic carbocycles. The largest absolute Gasteiger partial charge is 0.481 e. The standard InChI is InChI=1S/C31H40N4O5/c1-20-5-7-21(8-6-20)24(18-28(37)38)33-29(39)23-11-12-26(25(17-23)32-27(36)19-31(2,3)4)34-13-15-35(16-14-34)30(40)22-9-10-22/h5-8,11-12,17,22,24H,9-10,13-16,18-19H2,1-4H3,(H,32,36)(H,33,39)(H,37,38). The Kier molecular flexibility index (Phi) is 8.81. The van der Waals surface area contributed by atoms with Crippen molar-refractivity contribution in [3.05, 3.63) is 59.2 Å². The molecule has 1 saturated heterocycles. The van der Waals surface area contributed by atoms with Crippen LogP contribution in [0.4, 0.5) is 11.4 Å². The number of hydrogen-bond acceptors (Lipinski definition) is 5. The van der Waals surface area contributed by atoms with E-state index in [4.69, 9.17) is 0 Å². The van der Waals surface area contributed by atoms with E-state index in [1.165, 1.54) is 0 Å². The van der Waals surface area contributed by atoms with Crippen LogP contribution in [0.15, 0.2) is 42.5 Å². The molecule has 0 spiro atoms. The monoisotopic (exact) mass is 548 g/mol. The molecule has 3 N–H and O–H groups in total. The Morgan fingerprint density at radius 3 is 2.20 bits per heavy atom. The molecule has 0 bridgehead atoms.